The van der Waals surface area contributed by atoms with Crippen molar-refractivity contribution in [1.29, 1.82) is 0 Å². The topological polar surface area (TPSA) is 58.4 Å². The Bertz CT molecular complexity index is 823. The number of rotatable bonds is 3. The average Bonchev–Trinajstić information content (AvgIpc) is 2.87. The fourth-order valence-electron chi connectivity index (χ4n) is 2.46. The van der Waals surface area contributed by atoms with E-state index in [0.717, 1.165) is 5.56 Å². The Labute approximate surface area is 128 Å². The molecule has 0 aliphatic rings. The molecule has 0 spiro atoms. The number of amides is 1. The molecule has 0 saturated heterocycles. The van der Waals surface area contributed by atoms with Gasteiger partial charge in [-0.25, -0.2) is 0 Å². The number of carbonyl (C=O) groups excluding carboxylic acids is 1. The molecule has 1 amide bonds. The van der Waals surface area contributed by atoms with Crippen LogP contribution in [0.4, 0.5) is 0 Å². The van der Waals surface area contributed by atoms with Gasteiger partial charge in [0.25, 0.3) is 5.91 Å². The Morgan fingerprint density at radius 1 is 1.14 bits per heavy atom. The number of aromatic nitrogens is 2. The van der Waals surface area contributed by atoms with Gasteiger partial charge >= 0.3 is 0 Å². The lowest BCUT2D eigenvalue weighted by atomic mass is 10.1. The number of nitrogens with zero attached hydrogens (tertiary/aromatic N) is 3. The number of hydrogen-bond acceptors (Lipinski definition) is 3. The van der Waals surface area contributed by atoms with Crippen molar-refractivity contribution in [2.75, 3.05) is 14.1 Å². The van der Waals surface area contributed by atoms with Crippen molar-refractivity contribution >= 4 is 16.8 Å². The minimum absolute atomic E-state index is 0.124. The summed E-state index contributed by atoms with van der Waals surface area (Å²) in [7, 11) is 3.38. The van der Waals surface area contributed by atoms with Gasteiger partial charge in [0.2, 0.25) is 0 Å². The van der Waals surface area contributed by atoms with Crippen LogP contribution in [0.2, 0.25) is 0 Å². The van der Waals surface area contributed by atoms with Crippen molar-refractivity contribution in [3.63, 3.8) is 0 Å². The summed E-state index contributed by atoms with van der Waals surface area (Å²) in [6.07, 6.45) is 0. The van der Waals surface area contributed by atoms with Crippen LogP contribution >= 0.6 is 0 Å². The number of fused-ring (bicyclic) bond motifs is 1. The highest BCUT2D eigenvalue weighted by atomic mass is 16.3. The molecule has 0 fully saturated rings. The van der Waals surface area contributed by atoms with E-state index in [2.05, 4.69) is 5.10 Å². The second kappa shape index (κ2) is 5.52. The highest BCUT2D eigenvalue weighted by Gasteiger charge is 2.20. The lowest BCUT2D eigenvalue weighted by Gasteiger charge is -2.07. The highest BCUT2D eigenvalue weighted by molar-refractivity contribution is 6.06. The molecule has 1 aromatic heterocycles. The molecule has 0 bridgehead atoms. The van der Waals surface area contributed by atoms with Crippen molar-refractivity contribution in [2.24, 2.45) is 0 Å². The quantitative estimate of drug-likeness (QED) is 0.807. The van der Waals surface area contributed by atoms with E-state index >= 15 is 0 Å². The van der Waals surface area contributed by atoms with Crippen LogP contribution in [0.3, 0.4) is 0 Å². The molecule has 5 heteroatoms. The summed E-state index contributed by atoms with van der Waals surface area (Å²) in [6, 6.07) is 15.0. The summed E-state index contributed by atoms with van der Waals surface area (Å²) in [4.78, 5) is 13.8. The lowest BCUT2D eigenvalue weighted by Crippen LogP contribution is -2.22. The third-order valence-corrected chi connectivity index (χ3v) is 3.53. The van der Waals surface area contributed by atoms with Gasteiger partial charge in [-0.15, -0.1) is 0 Å². The Hall–Kier alpha value is -2.82. The number of benzene rings is 2. The predicted molar refractivity (Wildman–Crippen MR) is 85.0 cm³/mol. The van der Waals surface area contributed by atoms with Crippen LogP contribution in [0, 0.1) is 0 Å². The fraction of sp³-hybridized carbons (Fsp3) is 0.176. The van der Waals surface area contributed by atoms with Crippen molar-refractivity contribution in [3.05, 3.63) is 59.8 Å². The largest absolute Gasteiger partial charge is 0.506 e. The van der Waals surface area contributed by atoms with Crippen LogP contribution in [0.1, 0.15) is 16.1 Å². The number of hydrogen-bond donors (Lipinski definition) is 1. The van der Waals surface area contributed by atoms with E-state index in [0.29, 0.717) is 23.1 Å². The van der Waals surface area contributed by atoms with Crippen LogP contribution in [0.15, 0.2) is 48.5 Å². The number of phenols is 1. The van der Waals surface area contributed by atoms with Gasteiger partial charge in [-0.2, -0.15) is 5.10 Å². The first kappa shape index (κ1) is 14.1. The second-order valence-electron chi connectivity index (χ2n) is 5.36. The van der Waals surface area contributed by atoms with Crippen LogP contribution in [-0.4, -0.2) is 39.8 Å². The van der Waals surface area contributed by atoms with Gasteiger partial charge in [0.05, 0.1) is 6.54 Å². The molecule has 22 heavy (non-hydrogen) atoms. The van der Waals surface area contributed by atoms with Crippen LogP contribution in [0.5, 0.6) is 5.75 Å². The van der Waals surface area contributed by atoms with Gasteiger partial charge in [-0.05, 0) is 11.6 Å². The molecule has 2 aromatic carbocycles. The minimum Gasteiger partial charge on any atom is -0.506 e. The maximum absolute atomic E-state index is 12.3. The van der Waals surface area contributed by atoms with E-state index in [1.807, 2.05) is 30.3 Å². The van der Waals surface area contributed by atoms with E-state index in [4.69, 9.17) is 0 Å². The van der Waals surface area contributed by atoms with Gasteiger partial charge in [0, 0.05) is 19.5 Å². The highest BCUT2D eigenvalue weighted by Crippen LogP contribution is 2.28. The Morgan fingerprint density at radius 3 is 2.55 bits per heavy atom. The zero-order valence-corrected chi connectivity index (χ0v) is 12.5. The third kappa shape index (κ3) is 2.41. The number of para-hydroxylation sites is 1. The number of phenolic OH excluding ortho intramolecular Hbond substituents is 1. The Kier molecular flexibility index (Phi) is 3.55. The van der Waals surface area contributed by atoms with Crippen LogP contribution in [-0.2, 0) is 6.54 Å². The average molecular weight is 295 g/mol. The lowest BCUT2D eigenvalue weighted by molar-refractivity contribution is 0.0823. The number of carbonyl (C=O) groups is 1. The SMILES string of the molecule is CN(C)C(=O)c1nn(Cc2ccccc2)c2c(O)cccc12. The third-order valence-electron chi connectivity index (χ3n) is 3.53. The van der Waals surface area contributed by atoms with Gasteiger partial charge in [-0.3, -0.25) is 9.48 Å². The predicted octanol–water partition coefficient (Wildman–Crippen LogP) is 2.49. The van der Waals surface area contributed by atoms with Gasteiger partial charge in [-0.1, -0.05) is 42.5 Å². The van der Waals surface area contributed by atoms with Gasteiger partial charge in [0.15, 0.2) is 5.69 Å². The molecule has 3 rings (SSSR count). The van der Waals surface area contributed by atoms with E-state index in [1.54, 1.807) is 37.0 Å². The second-order valence-corrected chi connectivity index (χ2v) is 5.36. The summed E-state index contributed by atoms with van der Waals surface area (Å²) < 4.78 is 1.68. The number of aromatic hydroxyl groups is 1. The molecule has 0 radical (unpaired) electrons. The molecule has 0 aliphatic carbocycles. The zero-order chi connectivity index (χ0) is 15.7. The Balaban J connectivity index is 2.16. The molecule has 0 unspecified atom stereocenters. The van der Waals surface area contributed by atoms with Crippen molar-refractivity contribution in [3.8, 4) is 5.75 Å². The summed E-state index contributed by atoms with van der Waals surface area (Å²) in [5.41, 5.74) is 1.99. The molecular formula is C17H17N3O2. The van der Waals surface area contributed by atoms with Crippen molar-refractivity contribution in [2.45, 2.75) is 6.54 Å². The molecule has 1 N–H and O–H groups in total. The summed E-state index contributed by atoms with van der Waals surface area (Å²) in [5, 5.41) is 15.3. The minimum atomic E-state index is -0.178. The molecule has 3 aromatic rings. The molecule has 0 saturated carbocycles. The first-order valence-corrected chi connectivity index (χ1v) is 7.02. The molecule has 1 heterocycles. The first-order valence-electron chi connectivity index (χ1n) is 7.02. The van der Waals surface area contributed by atoms with Gasteiger partial charge in [0.1, 0.15) is 11.3 Å². The molecule has 5 nitrogen and oxygen atoms in total. The standard InChI is InChI=1S/C17H17N3O2/c1-19(2)17(22)15-13-9-6-10-14(21)16(13)20(18-15)11-12-7-4-3-5-8-12/h3-10,21H,11H2,1-2H3. The summed E-state index contributed by atoms with van der Waals surface area (Å²) in [6.45, 7) is 0.496. The maximum atomic E-state index is 12.3. The summed E-state index contributed by atoms with van der Waals surface area (Å²) in [5.74, 6) is -0.0545. The van der Waals surface area contributed by atoms with Crippen molar-refractivity contribution in [1.82, 2.24) is 14.7 Å². The molecule has 112 valence electrons. The van der Waals surface area contributed by atoms with Crippen LogP contribution < -0.4 is 0 Å². The zero-order valence-electron chi connectivity index (χ0n) is 12.5. The van der Waals surface area contributed by atoms with Crippen molar-refractivity contribution < 1.29 is 9.90 Å². The Morgan fingerprint density at radius 2 is 1.86 bits per heavy atom. The van der Waals surface area contributed by atoms with Gasteiger partial charge < -0.3 is 10.0 Å². The van der Waals surface area contributed by atoms with E-state index in [1.165, 1.54) is 4.90 Å². The first-order chi connectivity index (χ1) is 10.6. The monoisotopic (exact) mass is 295 g/mol. The van der Waals surface area contributed by atoms with E-state index < -0.39 is 0 Å². The molecular weight excluding hydrogens is 278 g/mol. The normalized spacial score (nSPS) is 10.8. The smallest absolute Gasteiger partial charge is 0.274 e. The summed E-state index contributed by atoms with van der Waals surface area (Å²) >= 11 is 0. The molecule has 0 aliphatic heterocycles. The van der Waals surface area contributed by atoms with E-state index in [-0.39, 0.29) is 11.7 Å². The van der Waals surface area contributed by atoms with E-state index in [9.17, 15) is 9.90 Å². The van der Waals surface area contributed by atoms with Crippen LogP contribution in [0.25, 0.3) is 10.9 Å². The maximum Gasteiger partial charge on any atom is 0.274 e. The molecule has 0 atom stereocenters. The fourth-order valence-corrected chi connectivity index (χ4v) is 2.46.